The number of amides is 1. The number of benzene rings is 1. The van der Waals surface area contributed by atoms with Crippen molar-refractivity contribution in [3.8, 4) is 0 Å². The lowest BCUT2D eigenvalue weighted by atomic mass is 10.1. The maximum absolute atomic E-state index is 14.5. The van der Waals surface area contributed by atoms with E-state index in [-0.39, 0.29) is 11.6 Å². The van der Waals surface area contributed by atoms with Gasteiger partial charge in [0, 0.05) is 61.9 Å². The number of hydrogen-bond acceptors (Lipinski definition) is 6. The fourth-order valence-corrected chi connectivity index (χ4v) is 4.89. The molecule has 0 saturated carbocycles. The van der Waals surface area contributed by atoms with Crippen LogP contribution >= 0.6 is 0 Å². The minimum Gasteiger partial charge on any atom is -0.378 e. The molecule has 1 atom stereocenters. The molecule has 0 aliphatic carbocycles. The Labute approximate surface area is 195 Å². The number of ether oxygens (including phenoxy) is 1. The fraction of sp³-hybridized carbons (Fsp3) is 0.375. The molecule has 34 heavy (non-hydrogen) atoms. The second-order valence-electron chi connectivity index (χ2n) is 9.17. The van der Waals surface area contributed by atoms with Crippen LogP contribution in [0.15, 0.2) is 36.8 Å². The molecule has 2 aliphatic rings. The van der Waals surface area contributed by atoms with Gasteiger partial charge in [0.15, 0.2) is 11.5 Å². The number of aromatic nitrogens is 4. The van der Waals surface area contributed by atoms with Crippen LogP contribution in [-0.4, -0.2) is 63.5 Å². The first kappa shape index (κ1) is 21.1. The molecule has 1 unspecified atom stereocenters. The van der Waals surface area contributed by atoms with Gasteiger partial charge in [-0.2, -0.15) is 5.10 Å². The molecular formula is C24H26FN7O2. The van der Waals surface area contributed by atoms with E-state index in [0.717, 1.165) is 43.8 Å². The van der Waals surface area contributed by atoms with E-state index in [4.69, 9.17) is 4.74 Å². The molecule has 0 bridgehead atoms. The summed E-state index contributed by atoms with van der Waals surface area (Å²) < 4.78 is 23.0. The maximum Gasteiger partial charge on any atom is 0.257 e. The first-order chi connectivity index (χ1) is 16.4. The van der Waals surface area contributed by atoms with Crippen molar-refractivity contribution in [2.75, 3.05) is 36.5 Å². The average molecular weight is 464 g/mol. The number of hydrogen-bond donors (Lipinski definition) is 2. The molecule has 2 aliphatic heterocycles. The molecule has 4 aromatic rings. The van der Waals surface area contributed by atoms with Crippen molar-refractivity contribution in [2.45, 2.75) is 25.4 Å². The number of carbonyl (C=O) groups excluding carboxylic acids is 1. The predicted molar refractivity (Wildman–Crippen MR) is 127 cm³/mol. The van der Waals surface area contributed by atoms with Crippen molar-refractivity contribution in [2.24, 2.45) is 7.05 Å². The number of rotatable bonds is 5. The highest BCUT2D eigenvalue weighted by atomic mass is 19.1. The lowest BCUT2D eigenvalue weighted by Gasteiger charge is -2.30. The molecule has 0 radical (unpaired) electrons. The number of halogens is 1. The SMILES string of the molecule is Cc1cn2cc(NC(=O)c3ccc(N4CCC(NC5COC5)C4)c4cn(C)nc34)cc(F)c2n1. The summed E-state index contributed by atoms with van der Waals surface area (Å²) in [6, 6.07) is 5.94. The van der Waals surface area contributed by atoms with Gasteiger partial charge < -0.3 is 24.7 Å². The van der Waals surface area contributed by atoms with Gasteiger partial charge in [-0.3, -0.25) is 9.48 Å². The summed E-state index contributed by atoms with van der Waals surface area (Å²) in [5.41, 5.74) is 3.43. The summed E-state index contributed by atoms with van der Waals surface area (Å²) >= 11 is 0. The van der Waals surface area contributed by atoms with Crippen molar-refractivity contribution in [1.82, 2.24) is 24.5 Å². The van der Waals surface area contributed by atoms with E-state index in [9.17, 15) is 9.18 Å². The van der Waals surface area contributed by atoms with Gasteiger partial charge in [-0.05, 0) is 25.5 Å². The molecule has 1 amide bonds. The van der Waals surface area contributed by atoms with Gasteiger partial charge in [-0.15, -0.1) is 0 Å². The number of anilines is 2. The molecule has 2 N–H and O–H groups in total. The van der Waals surface area contributed by atoms with E-state index < -0.39 is 5.82 Å². The number of aryl methyl sites for hydroxylation is 2. The lowest BCUT2D eigenvalue weighted by molar-refractivity contribution is -0.00895. The van der Waals surface area contributed by atoms with Crippen LogP contribution in [0, 0.1) is 12.7 Å². The van der Waals surface area contributed by atoms with Gasteiger partial charge in [0.2, 0.25) is 0 Å². The number of carbonyl (C=O) groups is 1. The Morgan fingerprint density at radius 3 is 2.85 bits per heavy atom. The summed E-state index contributed by atoms with van der Waals surface area (Å²) in [5.74, 6) is -0.827. The number of nitrogens with one attached hydrogen (secondary N) is 2. The van der Waals surface area contributed by atoms with Gasteiger partial charge in [-0.25, -0.2) is 9.37 Å². The summed E-state index contributed by atoms with van der Waals surface area (Å²) in [7, 11) is 1.85. The Balaban J connectivity index is 1.27. The van der Waals surface area contributed by atoms with Crippen molar-refractivity contribution in [1.29, 1.82) is 0 Å². The zero-order chi connectivity index (χ0) is 23.4. The highest BCUT2D eigenvalue weighted by molar-refractivity contribution is 6.13. The van der Waals surface area contributed by atoms with E-state index in [2.05, 4.69) is 25.6 Å². The molecule has 2 fully saturated rings. The van der Waals surface area contributed by atoms with E-state index in [1.165, 1.54) is 6.07 Å². The topological polar surface area (TPSA) is 88.7 Å². The number of imidazole rings is 1. The van der Waals surface area contributed by atoms with Crippen molar-refractivity contribution < 1.29 is 13.9 Å². The first-order valence-corrected chi connectivity index (χ1v) is 11.5. The van der Waals surface area contributed by atoms with E-state index in [1.54, 1.807) is 34.5 Å². The quantitative estimate of drug-likeness (QED) is 0.473. The van der Waals surface area contributed by atoms with Crippen LogP contribution in [0.4, 0.5) is 15.8 Å². The van der Waals surface area contributed by atoms with Crippen LogP contribution in [0.1, 0.15) is 22.5 Å². The fourth-order valence-electron chi connectivity index (χ4n) is 4.89. The van der Waals surface area contributed by atoms with Gasteiger partial charge >= 0.3 is 0 Å². The van der Waals surface area contributed by atoms with Crippen molar-refractivity contribution in [3.05, 3.63) is 53.9 Å². The predicted octanol–water partition coefficient (Wildman–Crippen LogP) is 2.49. The van der Waals surface area contributed by atoms with E-state index in [1.807, 2.05) is 19.3 Å². The molecule has 176 valence electrons. The minimum atomic E-state index is -0.491. The summed E-state index contributed by atoms with van der Waals surface area (Å²) in [6.07, 6.45) is 6.38. The molecule has 10 heteroatoms. The standard InChI is InChI=1S/C24H26FN7O2/c1-14-8-32-10-16(7-20(25)23(32)26-14)28-24(33)18-3-4-21(19-11-30(2)29-22(18)19)31-6-5-15(9-31)27-17-12-34-13-17/h3-4,7-8,10-11,15,17,27H,5-6,9,12-13H2,1-2H3,(H,28,33). The third-order valence-electron chi connectivity index (χ3n) is 6.54. The van der Waals surface area contributed by atoms with Crippen LogP contribution in [0.2, 0.25) is 0 Å². The molecule has 3 aromatic heterocycles. The van der Waals surface area contributed by atoms with Gasteiger partial charge in [0.1, 0.15) is 5.52 Å². The highest BCUT2D eigenvalue weighted by Crippen LogP contribution is 2.32. The molecule has 1 aromatic carbocycles. The number of fused-ring (bicyclic) bond motifs is 2. The second-order valence-corrected chi connectivity index (χ2v) is 9.17. The number of pyridine rings is 1. The third kappa shape index (κ3) is 3.68. The zero-order valence-electron chi connectivity index (χ0n) is 19.1. The number of nitrogens with zero attached hydrogens (tertiary/aromatic N) is 5. The van der Waals surface area contributed by atoms with Crippen LogP contribution in [0.5, 0.6) is 0 Å². The largest absolute Gasteiger partial charge is 0.378 e. The molecule has 2 saturated heterocycles. The van der Waals surface area contributed by atoms with Gasteiger partial charge in [0.25, 0.3) is 5.91 Å². The molecule has 5 heterocycles. The summed E-state index contributed by atoms with van der Waals surface area (Å²) in [4.78, 5) is 19.7. The molecule has 6 rings (SSSR count). The summed E-state index contributed by atoms with van der Waals surface area (Å²) in [6.45, 7) is 5.19. The van der Waals surface area contributed by atoms with Crippen LogP contribution in [-0.2, 0) is 11.8 Å². The van der Waals surface area contributed by atoms with Crippen molar-refractivity contribution in [3.63, 3.8) is 0 Å². The normalized spacial score (nSPS) is 18.7. The lowest BCUT2D eigenvalue weighted by Crippen LogP contribution is -2.51. The van der Waals surface area contributed by atoms with Crippen LogP contribution in [0.3, 0.4) is 0 Å². The third-order valence-corrected chi connectivity index (χ3v) is 6.54. The Kier molecular flexibility index (Phi) is 5.00. The van der Waals surface area contributed by atoms with Crippen LogP contribution in [0.25, 0.3) is 16.6 Å². The van der Waals surface area contributed by atoms with Crippen LogP contribution < -0.4 is 15.5 Å². The molecule has 9 nitrogen and oxygen atoms in total. The molecular weight excluding hydrogens is 437 g/mol. The first-order valence-electron chi connectivity index (χ1n) is 11.5. The Hall–Kier alpha value is -3.50. The Bertz CT molecular complexity index is 1410. The van der Waals surface area contributed by atoms with E-state index >= 15 is 0 Å². The smallest absolute Gasteiger partial charge is 0.257 e. The minimum absolute atomic E-state index is 0.232. The maximum atomic E-state index is 14.5. The monoisotopic (exact) mass is 463 g/mol. The Morgan fingerprint density at radius 2 is 2.06 bits per heavy atom. The van der Waals surface area contributed by atoms with Crippen molar-refractivity contribution >= 4 is 33.8 Å². The van der Waals surface area contributed by atoms with E-state index in [0.29, 0.717) is 34.5 Å². The average Bonchev–Trinajstić information content (AvgIpc) is 3.47. The second kappa shape index (κ2) is 8.07. The highest BCUT2D eigenvalue weighted by Gasteiger charge is 2.29. The van der Waals surface area contributed by atoms with Gasteiger partial charge in [-0.1, -0.05) is 0 Å². The van der Waals surface area contributed by atoms with Gasteiger partial charge in [0.05, 0.1) is 36.2 Å². The Morgan fingerprint density at radius 1 is 1.21 bits per heavy atom. The zero-order valence-corrected chi connectivity index (χ0v) is 19.1. The summed E-state index contributed by atoms with van der Waals surface area (Å²) in [5, 5.41) is 12.0. The molecule has 0 spiro atoms.